The molecule has 1 aliphatic heterocycles. The Morgan fingerprint density at radius 1 is 0.569 bits per heavy atom. The van der Waals surface area contributed by atoms with Crippen molar-refractivity contribution in [3.05, 3.63) is 85.1 Å². The van der Waals surface area contributed by atoms with Crippen LogP contribution in [0.1, 0.15) is 155 Å². The largest absolute Gasteiger partial charge is 0.457 e. The first kappa shape index (κ1) is 53.4. The highest BCUT2D eigenvalue weighted by Gasteiger charge is 2.44. The van der Waals surface area contributed by atoms with E-state index in [1.807, 2.05) is 0 Å². The van der Waals surface area contributed by atoms with Gasteiger partial charge in [0.15, 0.2) is 6.29 Å². The topological polar surface area (TPSA) is 135 Å². The van der Waals surface area contributed by atoms with E-state index in [-0.39, 0.29) is 25.6 Å². The molecule has 332 valence electrons. The van der Waals surface area contributed by atoms with Crippen molar-refractivity contribution >= 4 is 5.97 Å². The van der Waals surface area contributed by atoms with Crippen LogP contribution in [0, 0.1) is 0 Å². The molecule has 0 spiro atoms. The second-order valence-corrected chi connectivity index (χ2v) is 15.1. The monoisotopic (exact) mass is 815 g/mol. The number of rotatable bonds is 37. The third kappa shape index (κ3) is 30.4. The third-order valence-electron chi connectivity index (χ3n) is 9.80. The first-order chi connectivity index (χ1) is 28.4. The van der Waals surface area contributed by atoms with E-state index in [9.17, 15) is 25.2 Å². The van der Waals surface area contributed by atoms with Crippen LogP contribution in [0.3, 0.4) is 0 Å². The number of allylic oxidation sites excluding steroid dienone is 14. The minimum absolute atomic E-state index is 0.113. The van der Waals surface area contributed by atoms with E-state index < -0.39 is 43.4 Å². The van der Waals surface area contributed by atoms with Gasteiger partial charge < -0.3 is 39.4 Å². The van der Waals surface area contributed by atoms with Gasteiger partial charge in [0.25, 0.3) is 0 Å². The molecule has 1 saturated heterocycles. The zero-order chi connectivity index (χ0) is 42.2. The molecule has 0 aromatic carbocycles. The molecule has 1 aliphatic rings. The number of aliphatic hydroxyl groups is 4. The first-order valence-corrected chi connectivity index (χ1v) is 22.7. The molecule has 1 fully saturated rings. The number of unbranched alkanes of at least 4 members (excludes halogenated alkanes) is 12. The van der Waals surface area contributed by atoms with Crippen molar-refractivity contribution < 1.29 is 44.2 Å². The number of aliphatic hydroxyl groups excluding tert-OH is 4. The van der Waals surface area contributed by atoms with Crippen molar-refractivity contribution in [2.75, 3.05) is 26.4 Å². The Kier molecular flexibility index (Phi) is 36.6. The van der Waals surface area contributed by atoms with Gasteiger partial charge in [0.1, 0.15) is 30.5 Å². The fourth-order valence-corrected chi connectivity index (χ4v) is 6.26. The van der Waals surface area contributed by atoms with Gasteiger partial charge >= 0.3 is 5.97 Å². The lowest BCUT2D eigenvalue weighted by atomic mass is 9.99. The summed E-state index contributed by atoms with van der Waals surface area (Å²) in [6, 6.07) is 0. The quantitative estimate of drug-likeness (QED) is 0.0275. The van der Waals surface area contributed by atoms with Crippen LogP contribution in [0.4, 0.5) is 0 Å². The Morgan fingerprint density at radius 2 is 1.05 bits per heavy atom. The number of esters is 1. The summed E-state index contributed by atoms with van der Waals surface area (Å²) < 4.78 is 22.7. The van der Waals surface area contributed by atoms with Gasteiger partial charge in [0.2, 0.25) is 0 Å². The minimum atomic E-state index is -1.55. The van der Waals surface area contributed by atoms with E-state index in [2.05, 4.69) is 98.9 Å². The maximum atomic E-state index is 12.8. The van der Waals surface area contributed by atoms with Crippen LogP contribution in [-0.2, 0) is 23.7 Å². The summed E-state index contributed by atoms with van der Waals surface area (Å²) in [5.74, 6) is -0.375. The predicted molar refractivity (Wildman–Crippen MR) is 237 cm³/mol. The standard InChI is InChI=1S/C49H82O9/c1-3-5-7-9-11-13-15-17-19-21-23-25-27-29-31-33-35-37-39-55-41-43(42-56-49-48(54)47(53)46(52)44(40-50)58-49)57-45(51)38-36-34-32-30-28-26-24-22-20-18-16-14-12-10-8-6-4-2/h6,8,11-14,17-20,24,26,30,32,43-44,46-50,52-54H,3-5,7,9-10,15-16,21-23,25,27-29,31,33-42H2,1-2H3/b8-6-,13-11-,14-12-,19-17-,20-18-,26-24-,32-30-. The van der Waals surface area contributed by atoms with E-state index in [1.54, 1.807) is 0 Å². The molecule has 6 unspecified atom stereocenters. The molecule has 0 aromatic rings. The van der Waals surface area contributed by atoms with E-state index >= 15 is 0 Å². The maximum absolute atomic E-state index is 12.8. The average molecular weight is 815 g/mol. The van der Waals surface area contributed by atoms with E-state index in [4.69, 9.17) is 18.9 Å². The number of hydrogen-bond donors (Lipinski definition) is 4. The summed E-state index contributed by atoms with van der Waals surface area (Å²) in [5, 5.41) is 40.1. The van der Waals surface area contributed by atoms with E-state index in [0.717, 1.165) is 70.6 Å². The molecule has 0 aromatic heterocycles. The molecule has 0 aliphatic carbocycles. The van der Waals surface area contributed by atoms with Gasteiger partial charge in [0, 0.05) is 13.0 Å². The van der Waals surface area contributed by atoms with E-state index in [1.165, 1.54) is 57.8 Å². The van der Waals surface area contributed by atoms with Gasteiger partial charge in [-0.3, -0.25) is 4.79 Å². The highest BCUT2D eigenvalue weighted by molar-refractivity contribution is 5.69. The summed E-state index contributed by atoms with van der Waals surface area (Å²) in [5.41, 5.74) is 0. The first-order valence-electron chi connectivity index (χ1n) is 22.7. The molecule has 1 rings (SSSR count). The van der Waals surface area contributed by atoms with Gasteiger partial charge in [-0.15, -0.1) is 0 Å². The highest BCUT2D eigenvalue weighted by atomic mass is 16.7. The van der Waals surface area contributed by atoms with Gasteiger partial charge in [-0.25, -0.2) is 0 Å². The molecule has 4 N–H and O–H groups in total. The lowest BCUT2D eigenvalue weighted by molar-refractivity contribution is -0.305. The highest BCUT2D eigenvalue weighted by Crippen LogP contribution is 2.22. The van der Waals surface area contributed by atoms with Crippen molar-refractivity contribution in [3.8, 4) is 0 Å². The molecule has 9 heteroatoms. The molecular weight excluding hydrogens is 733 g/mol. The van der Waals surface area contributed by atoms with Crippen LogP contribution in [0.5, 0.6) is 0 Å². The number of hydrogen-bond acceptors (Lipinski definition) is 9. The van der Waals surface area contributed by atoms with Gasteiger partial charge in [-0.1, -0.05) is 150 Å². The maximum Gasteiger partial charge on any atom is 0.306 e. The van der Waals surface area contributed by atoms with Crippen molar-refractivity contribution in [2.24, 2.45) is 0 Å². The van der Waals surface area contributed by atoms with Crippen molar-refractivity contribution in [2.45, 2.75) is 192 Å². The number of carbonyl (C=O) groups excluding carboxylic acids is 1. The normalized spacial score (nSPS) is 21.1. The molecule has 6 atom stereocenters. The summed E-state index contributed by atoms with van der Waals surface area (Å²) >= 11 is 0. The number of ether oxygens (including phenoxy) is 4. The second-order valence-electron chi connectivity index (χ2n) is 15.1. The van der Waals surface area contributed by atoms with Crippen molar-refractivity contribution in [1.82, 2.24) is 0 Å². The van der Waals surface area contributed by atoms with Crippen LogP contribution in [0.2, 0.25) is 0 Å². The fraction of sp³-hybridized carbons (Fsp3) is 0.694. The summed E-state index contributed by atoms with van der Waals surface area (Å²) in [6.45, 7) is 4.32. The fourth-order valence-electron chi connectivity index (χ4n) is 6.26. The Hall–Kier alpha value is -2.63. The Bertz CT molecular complexity index is 1150. The molecule has 0 amide bonds. The molecule has 0 radical (unpaired) electrons. The lowest BCUT2D eigenvalue weighted by Crippen LogP contribution is -2.59. The molecular formula is C49H82O9. The van der Waals surface area contributed by atoms with Crippen molar-refractivity contribution in [3.63, 3.8) is 0 Å². The Balaban J connectivity index is 2.32. The SMILES string of the molecule is CC/C=C\C/C=C\C/C=C\C/C=C\C/C=C\CCCC(=O)OC(COCCCCCCCCCC/C=C\C/C=C\CCCCC)COC1OC(CO)C(O)C(O)C1O. The van der Waals surface area contributed by atoms with Crippen LogP contribution in [-0.4, -0.2) is 89.6 Å². The zero-order valence-corrected chi connectivity index (χ0v) is 36.3. The second kappa shape index (κ2) is 39.8. The Morgan fingerprint density at radius 3 is 1.59 bits per heavy atom. The zero-order valence-electron chi connectivity index (χ0n) is 36.3. The van der Waals surface area contributed by atoms with Crippen LogP contribution >= 0.6 is 0 Å². The number of carbonyl (C=O) groups is 1. The molecule has 0 saturated carbocycles. The van der Waals surface area contributed by atoms with Gasteiger partial charge in [-0.05, 0) is 83.5 Å². The summed E-state index contributed by atoms with van der Waals surface area (Å²) in [6.07, 6.45) is 46.1. The molecule has 1 heterocycles. The molecule has 9 nitrogen and oxygen atoms in total. The smallest absolute Gasteiger partial charge is 0.306 e. The van der Waals surface area contributed by atoms with Gasteiger partial charge in [-0.2, -0.15) is 0 Å². The summed E-state index contributed by atoms with van der Waals surface area (Å²) in [4.78, 5) is 12.8. The lowest BCUT2D eigenvalue weighted by Gasteiger charge is -2.39. The predicted octanol–water partition coefficient (Wildman–Crippen LogP) is 10.2. The summed E-state index contributed by atoms with van der Waals surface area (Å²) in [7, 11) is 0. The van der Waals surface area contributed by atoms with Crippen LogP contribution < -0.4 is 0 Å². The van der Waals surface area contributed by atoms with E-state index in [0.29, 0.717) is 13.0 Å². The minimum Gasteiger partial charge on any atom is -0.457 e. The van der Waals surface area contributed by atoms with Crippen LogP contribution in [0.15, 0.2) is 85.1 Å². The van der Waals surface area contributed by atoms with Crippen molar-refractivity contribution in [1.29, 1.82) is 0 Å². The van der Waals surface area contributed by atoms with Crippen LogP contribution in [0.25, 0.3) is 0 Å². The third-order valence-corrected chi connectivity index (χ3v) is 9.80. The average Bonchev–Trinajstić information content (AvgIpc) is 3.22. The molecule has 58 heavy (non-hydrogen) atoms. The van der Waals surface area contributed by atoms with Gasteiger partial charge in [0.05, 0.1) is 19.8 Å². The Labute approximate surface area is 352 Å². The molecule has 0 bridgehead atoms.